The normalized spacial score (nSPS) is 43.1. The third kappa shape index (κ3) is 3.34. The van der Waals surface area contributed by atoms with Crippen LogP contribution in [0.2, 0.25) is 0 Å². The van der Waals surface area contributed by atoms with Crippen LogP contribution in [0.15, 0.2) is 10.6 Å². The Balaban J connectivity index is 1.97. The van der Waals surface area contributed by atoms with Gasteiger partial charge in [0.2, 0.25) is 0 Å². The van der Waals surface area contributed by atoms with Crippen molar-refractivity contribution in [3.63, 3.8) is 0 Å². The molecule has 116 valence electrons. The minimum atomic E-state index is -2.40. The molecule has 20 heavy (non-hydrogen) atoms. The van der Waals surface area contributed by atoms with E-state index < -0.39 is 19.6 Å². The first-order chi connectivity index (χ1) is 11.9. The molecule has 0 radical (unpaired) electrons. The van der Waals surface area contributed by atoms with Crippen LogP contribution < -0.4 is 0 Å². The van der Waals surface area contributed by atoms with Crippen molar-refractivity contribution in [1.82, 2.24) is 0 Å². The molecule has 0 spiro atoms. The maximum atomic E-state index is 7.56. The quantitative estimate of drug-likeness (QED) is 0.505. The molecule has 2 saturated carbocycles. The van der Waals surface area contributed by atoms with Crippen LogP contribution in [0, 0.1) is 29.1 Å². The van der Waals surface area contributed by atoms with Gasteiger partial charge in [0.25, 0.3) is 0 Å². The minimum Gasteiger partial charge on any atom is -0.0628 e. The van der Waals surface area contributed by atoms with E-state index in [2.05, 4.69) is 34.8 Å². The number of fused-ring (bicyclic) bond motifs is 1. The Labute approximate surface area is 143 Å². The lowest BCUT2D eigenvalue weighted by Gasteiger charge is -2.44. The summed E-state index contributed by atoms with van der Waals surface area (Å²) in [5.41, 5.74) is 1.89. The number of rotatable bonds is 5. The summed E-state index contributed by atoms with van der Waals surface area (Å²) in [6.07, 6.45) is 8.05. The van der Waals surface area contributed by atoms with E-state index in [1.807, 2.05) is 0 Å². The zero-order valence-electron chi connectivity index (χ0n) is 18.9. The fourth-order valence-corrected chi connectivity index (χ4v) is 5.54. The molecule has 0 bridgehead atoms. The largest absolute Gasteiger partial charge is 0.0628 e. The molecule has 0 N–H and O–H groups in total. The molecule has 4 atom stereocenters. The Morgan fingerprint density at radius 3 is 2.90 bits per heavy atom. The van der Waals surface area contributed by atoms with Crippen LogP contribution in [0.4, 0.5) is 0 Å². The summed E-state index contributed by atoms with van der Waals surface area (Å²) in [7, 11) is 0. The maximum absolute atomic E-state index is 7.56. The molecule has 0 unspecified atom stereocenters. The highest BCUT2D eigenvalue weighted by atomic mass is 79.9. The Morgan fingerprint density at radius 1 is 1.40 bits per heavy atom. The van der Waals surface area contributed by atoms with Crippen molar-refractivity contribution in [3.05, 3.63) is 10.6 Å². The molecular formula is C19H33Br. The van der Waals surface area contributed by atoms with E-state index >= 15 is 0 Å². The summed E-state index contributed by atoms with van der Waals surface area (Å²) in [5, 5.41) is 0. The number of allylic oxidation sites excluding steroid dienone is 1. The van der Waals surface area contributed by atoms with Crippen molar-refractivity contribution < 1.29 is 8.22 Å². The summed E-state index contributed by atoms with van der Waals surface area (Å²) >= 11 is 3.55. The van der Waals surface area contributed by atoms with Crippen LogP contribution in [-0.2, 0) is 0 Å². The molecule has 0 aromatic rings. The van der Waals surface area contributed by atoms with Gasteiger partial charge in [-0.25, -0.2) is 0 Å². The smallest absolute Gasteiger partial charge is 0.0233 e. The van der Waals surface area contributed by atoms with Crippen molar-refractivity contribution in [3.8, 4) is 0 Å². The van der Waals surface area contributed by atoms with Gasteiger partial charge in [0.15, 0.2) is 0 Å². The minimum absolute atomic E-state index is 0.261. The highest BCUT2D eigenvalue weighted by molar-refractivity contribution is 9.11. The zero-order valence-corrected chi connectivity index (χ0v) is 14.5. The lowest BCUT2D eigenvalue weighted by atomic mass is 9.61. The number of hydrogen-bond acceptors (Lipinski definition) is 0. The monoisotopic (exact) mass is 346 g/mol. The number of halogens is 1. The second-order valence-electron chi connectivity index (χ2n) is 7.24. The van der Waals surface area contributed by atoms with Crippen LogP contribution >= 0.6 is 15.9 Å². The van der Waals surface area contributed by atoms with Crippen molar-refractivity contribution in [2.45, 2.75) is 78.9 Å². The molecule has 2 fully saturated rings. The standard InChI is InChI=1S/C19H33Br/c1-14(2)7-5-8-15(3)17-10-11-18-16(13-20)9-6-12-19(17,18)4/h13-15,17-18H,5-12H2,1-4H3/t15-,17-,18+,19-/m1/s1/i1D3,2D3. The summed E-state index contributed by atoms with van der Waals surface area (Å²) in [5.74, 6) is 0.620. The molecule has 2 rings (SSSR count). The van der Waals surface area contributed by atoms with Gasteiger partial charge in [0, 0.05) is 8.22 Å². The lowest BCUT2D eigenvalue weighted by Crippen LogP contribution is -2.35. The van der Waals surface area contributed by atoms with Gasteiger partial charge in [-0.3, -0.25) is 0 Å². The van der Waals surface area contributed by atoms with E-state index in [1.54, 1.807) is 5.57 Å². The highest BCUT2D eigenvalue weighted by Gasteiger charge is 2.50. The number of hydrogen-bond donors (Lipinski definition) is 0. The third-order valence-electron chi connectivity index (χ3n) is 6.02. The summed E-state index contributed by atoms with van der Waals surface area (Å²) in [6.45, 7) is -0.0883. The van der Waals surface area contributed by atoms with E-state index in [0.29, 0.717) is 29.6 Å². The SMILES string of the molecule is [2H]C([2H])([2H])C(CCC[C@@H](C)[C@H]1CC[C@H]2C(=CBr)CCC[C@]12C)C([2H])([2H])[2H]. The molecule has 0 aliphatic heterocycles. The maximum Gasteiger partial charge on any atom is 0.0233 e. The van der Waals surface area contributed by atoms with E-state index in [0.717, 1.165) is 6.42 Å². The molecule has 1 heteroatoms. The Kier molecular flexibility index (Phi) is 3.52. The fraction of sp³-hybridized carbons (Fsp3) is 0.895. The molecule has 0 heterocycles. The molecular weight excluding hydrogens is 308 g/mol. The van der Waals surface area contributed by atoms with Crippen LogP contribution in [0.5, 0.6) is 0 Å². The van der Waals surface area contributed by atoms with E-state index in [9.17, 15) is 0 Å². The topological polar surface area (TPSA) is 0 Å². The molecule has 0 aromatic heterocycles. The van der Waals surface area contributed by atoms with Gasteiger partial charge in [-0.2, -0.15) is 0 Å². The first kappa shape index (κ1) is 10.1. The molecule has 0 amide bonds. The lowest BCUT2D eigenvalue weighted by molar-refractivity contribution is 0.0931. The van der Waals surface area contributed by atoms with Gasteiger partial charge >= 0.3 is 0 Å². The first-order valence-electron chi connectivity index (χ1n) is 11.2. The van der Waals surface area contributed by atoms with Crippen molar-refractivity contribution in [1.29, 1.82) is 0 Å². The average Bonchev–Trinajstić information content (AvgIpc) is 2.85. The van der Waals surface area contributed by atoms with E-state index in [-0.39, 0.29) is 6.42 Å². The Morgan fingerprint density at radius 2 is 2.20 bits per heavy atom. The molecule has 2 aliphatic carbocycles. The van der Waals surface area contributed by atoms with Crippen LogP contribution in [0.3, 0.4) is 0 Å². The summed E-state index contributed by atoms with van der Waals surface area (Å²) < 4.78 is 45.3. The predicted molar refractivity (Wildman–Crippen MR) is 93.0 cm³/mol. The average molecular weight is 347 g/mol. The van der Waals surface area contributed by atoms with E-state index in [1.165, 1.54) is 32.1 Å². The molecule has 0 saturated heterocycles. The summed E-state index contributed by atoms with van der Waals surface area (Å²) in [4.78, 5) is 2.14. The van der Waals surface area contributed by atoms with Gasteiger partial charge in [0.05, 0.1) is 0 Å². The Bertz CT molecular complexity index is 495. The highest BCUT2D eigenvalue weighted by Crippen LogP contribution is 2.59. The molecule has 2 aliphatic rings. The zero-order chi connectivity index (χ0) is 19.8. The van der Waals surface area contributed by atoms with Gasteiger partial charge in [0.1, 0.15) is 0 Å². The fourth-order valence-electron chi connectivity index (χ4n) is 4.99. The second kappa shape index (κ2) is 6.99. The van der Waals surface area contributed by atoms with E-state index in [4.69, 9.17) is 8.22 Å². The van der Waals surface area contributed by atoms with Gasteiger partial charge in [-0.05, 0) is 66.2 Å². The van der Waals surface area contributed by atoms with Gasteiger partial charge in [-0.15, -0.1) is 0 Å². The van der Waals surface area contributed by atoms with Crippen LogP contribution in [-0.4, -0.2) is 0 Å². The molecule has 0 nitrogen and oxygen atoms in total. The van der Waals surface area contributed by atoms with Crippen molar-refractivity contribution >= 4 is 15.9 Å². The van der Waals surface area contributed by atoms with Gasteiger partial charge < -0.3 is 0 Å². The van der Waals surface area contributed by atoms with Crippen molar-refractivity contribution in [2.24, 2.45) is 29.1 Å². The predicted octanol–water partition coefficient (Wildman–Crippen LogP) is 6.94. The first-order valence-corrected chi connectivity index (χ1v) is 9.12. The molecule has 0 aromatic carbocycles. The Hall–Kier alpha value is 0.220. The van der Waals surface area contributed by atoms with Gasteiger partial charge in [-0.1, -0.05) is 68.3 Å². The van der Waals surface area contributed by atoms with Crippen LogP contribution in [0.1, 0.15) is 87.1 Å². The third-order valence-corrected chi connectivity index (χ3v) is 6.61. The van der Waals surface area contributed by atoms with Crippen LogP contribution in [0.25, 0.3) is 0 Å². The van der Waals surface area contributed by atoms with Crippen molar-refractivity contribution in [2.75, 3.05) is 0 Å². The second-order valence-corrected chi connectivity index (χ2v) is 7.70. The summed E-state index contributed by atoms with van der Waals surface area (Å²) in [6, 6.07) is 0.